The summed E-state index contributed by atoms with van der Waals surface area (Å²) < 4.78 is 1.82. The summed E-state index contributed by atoms with van der Waals surface area (Å²) in [5.74, 6) is -0.742. The molecule has 0 bridgehead atoms. The number of carboxylic acids is 1. The summed E-state index contributed by atoms with van der Waals surface area (Å²) >= 11 is 0. The van der Waals surface area contributed by atoms with Gasteiger partial charge in [0.1, 0.15) is 0 Å². The van der Waals surface area contributed by atoms with Crippen molar-refractivity contribution in [3.63, 3.8) is 0 Å². The van der Waals surface area contributed by atoms with Gasteiger partial charge in [-0.15, -0.1) is 0 Å². The van der Waals surface area contributed by atoms with Crippen LogP contribution in [0.5, 0.6) is 0 Å². The normalized spacial score (nSPS) is 20.1. The van der Waals surface area contributed by atoms with Crippen LogP contribution >= 0.6 is 0 Å². The van der Waals surface area contributed by atoms with Crippen LogP contribution in [0.15, 0.2) is 12.4 Å². The Balaban J connectivity index is 1.93. The maximum absolute atomic E-state index is 10.8. The Hall–Kier alpha value is -1.40. The minimum atomic E-state index is -0.742. The molecule has 0 aliphatic carbocycles. The predicted octanol–water partition coefficient (Wildman–Crippen LogP) is 0.573. The van der Waals surface area contributed by atoms with E-state index in [4.69, 9.17) is 5.11 Å². The van der Waals surface area contributed by atoms with Gasteiger partial charge in [-0.25, -0.2) is 0 Å². The van der Waals surface area contributed by atoms with E-state index in [9.17, 15) is 4.79 Å². The molecule has 106 valence electrons. The maximum atomic E-state index is 10.8. The zero-order valence-electron chi connectivity index (χ0n) is 11.6. The van der Waals surface area contributed by atoms with Gasteiger partial charge in [0, 0.05) is 51.0 Å². The van der Waals surface area contributed by atoms with E-state index < -0.39 is 5.97 Å². The third-order valence-electron chi connectivity index (χ3n) is 3.74. The third kappa shape index (κ3) is 3.78. The van der Waals surface area contributed by atoms with Gasteiger partial charge >= 0.3 is 5.97 Å². The summed E-state index contributed by atoms with van der Waals surface area (Å²) in [6.07, 6.45) is 4.97. The van der Waals surface area contributed by atoms with Crippen LogP contribution in [0.3, 0.4) is 0 Å². The smallest absolute Gasteiger partial charge is 0.317 e. The molecule has 19 heavy (non-hydrogen) atoms. The first kappa shape index (κ1) is 14.0. The van der Waals surface area contributed by atoms with Crippen LogP contribution < -0.4 is 0 Å². The molecule has 1 saturated heterocycles. The lowest BCUT2D eigenvalue weighted by Crippen LogP contribution is -2.34. The van der Waals surface area contributed by atoms with Crippen molar-refractivity contribution in [2.24, 2.45) is 7.05 Å². The minimum Gasteiger partial charge on any atom is -0.480 e. The zero-order valence-corrected chi connectivity index (χ0v) is 11.6. The Morgan fingerprint density at radius 1 is 1.42 bits per heavy atom. The van der Waals surface area contributed by atoms with Gasteiger partial charge in [-0.3, -0.25) is 19.3 Å². The number of carbonyl (C=O) groups is 1. The fraction of sp³-hybridized carbons (Fsp3) is 0.692. The Labute approximate surface area is 113 Å². The van der Waals surface area contributed by atoms with Gasteiger partial charge in [0.15, 0.2) is 0 Å². The molecule has 1 aliphatic heterocycles. The van der Waals surface area contributed by atoms with Crippen molar-refractivity contribution in [1.29, 1.82) is 0 Å². The molecule has 0 amide bonds. The van der Waals surface area contributed by atoms with Crippen molar-refractivity contribution in [1.82, 2.24) is 19.6 Å². The Morgan fingerprint density at radius 2 is 2.21 bits per heavy atom. The standard InChI is InChI=1S/C13H22N4O2/c1-11(12-8-14-15(2)9-12)17-5-3-4-16(6-7-17)10-13(18)19/h8-9,11H,3-7,10H2,1-2H3,(H,18,19). The quantitative estimate of drug-likeness (QED) is 0.863. The average Bonchev–Trinajstić information content (AvgIpc) is 2.65. The second-order valence-corrected chi connectivity index (χ2v) is 5.18. The molecule has 6 nitrogen and oxygen atoms in total. The topological polar surface area (TPSA) is 61.6 Å². The SMILES string of the molecule is CC(c1cnn(C)c1)N1CCCN(CC(=O)O)CC1. The first-order chi connectivity index (χ1) is 9.06. The molecule has 0 spiro atoms. The molecular formula is C13H22N4O2. The van der Waals surface area contributed by atoms with Crippen LogP contribution in [0.4, 0.5) is 0 Å². The predicted molar refractivity (Wildman–Crippen MR) is 71.9 cm³/mol. The highest BCUT2D eigenvalue weighted by Crippen LogP contribution is 2.20. The summed E-state index contributed by atoms with van der Waals surface area (Å²) in [4.78, 5) is 15.2. The monoisotopic (exact) mass is 266 g/mol. The van der Waals surface area contributed by atoms with Crippen molar-refractivity contribution in [3.8, 4) is 0 Å². The fourth-order valence-electron chi connectivity index (χ4n) is 2.59. The number of nitrogens with zero attached hydrogens (tertiary/aromatic N) is 4. The molecule has 0 aromatic carbocycles. The molecule has 1 aromatic rings. The van der Waals surface area contributed by atoms with Crippen molar-refractivity contribution in [2.75, 3.05) is 32.7 Å². The van der Waals surface area contributed by atoms with Gasteiger partial charge in [-0.2, -0.15) is 5.10 Å². The number of hydrogen-bond donors (Lipinski definition) is 1. The molecule has 2 heterocycles. The Bertz CT molecular complexity index is 432. The fourth-order valence-corrected chi connectivity index (χ4v) is 2.59. The summed E-state index contributed by atoms with van der Waals surface area (Å²) in [6, 6.07) is 0.332. The number of rotatable bonds is 4. The Kier molecular flexibility index (Phi) is 4.55. The second-order valence-electron chi connectivity index (χ2n) is 5.18. The van der Waals surface area contributed by atoms with Crippen LogP contribution in [0.1, 0.15) is 24.9 Å². The minimum absolute atomic E-state index is 0.148. The number of hydrogen-bond acceptors (Lipinski definition) is 4. The van der Waals surface area contributed by atoms with E-state index in [1.807, 2.05) is 29.0 Å². The molecule has 1 fully saturated rings. The maximum Gasteiger partial charge on any atom is 0.317 e. The Morgan fingerprint density at radius 3 is 2.84 bits per heavy atom. The zero-order chi connectivity index (χ0) is 13.8. The molecule has 1 aromatic heterocycles. The van der Waals surface area contributed by atoms with Gasteiger partial charge in [-0.05, 0) is 13.3 Å². The van der Waals surface area contributed by atoms with E-state index in [2.05, 4.69) is 16.9 Å². The average molecular weight is 266 g/mol. The second kappa shape index (κ2) is 6.16. The van der Waals surface area contributed by atoms with Crippen molar-refractivity contribution in [2.45, 2.75) is 19.4 Å². The summed E-state index contributed by atoms with van der Waals surface area (Å²) in [6.45, 7) is 5.92. The molecule has 1 atom stereocenters. The molecule has 1 unspecified atom stereocenters. The lowest BCUT2D eigenvalue weighted by Gasteiger charge is -2.26. The number of carboxylic acid groups (broad SMARTS) is 1. The van der Waals surface area contributed by atoms with E-state index in [1.54, 1.807) is 0 Å². The third-order valence-corrected chi connectivity index (χ3v) is 3.74. The molecule has 0 radical (unpaired) electrons. The molecule has 6 heteroatoms. The van der Waals surface area contributed by atoms with Gasteiger partial charge in [-0.1, -0.05) is 0 Å². The van der Waals surface area contributed by atoms with Gasteiger partial charge in [0.05, 0.1) is 12.7 Å². The van der Waals surface area contributed by atoms with E-state index in [0.29, 0.717) is 6.04 Å². The lowest BCUT2D eigenvalue weighted by atomic mass is 10.1. The first-order valence-corrected chi connectivity index (χ1v) is 6.73. The largest absolute Gasteiger partial charge is 0.480 e. The molecule has 1 aliphatic rings. The van der Waals surface area contributed by atoms with E-state index >= 15 is 0 Å². The van der Waals surface area contributed by atoms with Gasteiger partial charge in [0.2, 0.25) is 0 Å². The van der Waals surface area contributed by atoms with Crippen LogP contribution in [0.25, 0.3) is 0 Å². The molecule has 1 N–H and O–H groups in total. The van der Waals surface area contributed by atoms with Crippen LogP contribution in [-0.2, 0) is 11.8 Å². The summed E-state index contributed by atoms with van der Waals surface area (Å²) in [5, 5.41) is 13.1. The van der Waals surface area contributed by atoms with Crippen LogP contribution in [-0.4, -0.2) is 63.4 Å². The van der Waals surface area contributed by atoms with Crippen LogP contribution in [0.2, 0.25) is 0 Å². The van der Waals surface area contributed by atoms with E-state index in [1.165, 1.54) is 5.56 Å². The number of aliphatic carboxylic acids is 1. The van der Waals surface area contributed by atoms with E-state index in [0.717, 1.165) is 32.6 Å². The highest BCUT2D eigenvalue weighted by atomic mass is 16.4. The molecule has 0 saturated carbocycles. The highest BCUT2D eigenvalue weighted by molar-refractivity contribution is 5.69. The lowest BCUT2D eigenvalue weighted by molar-refractivity contribution is -0.138. The molecule has 2 rings (SSSR count). The van der Waals surface area contributed by atoms with Crippen molar-refractivity contribution >= 4 is 5.97 Å². The summed E-state index contributed by atoms with van der Waals surface area (Å²) in [7, 11) is 1.92. The van der Waals surface area contributed by atoms with Crippen LogP contribution in [0, 0.1) is 0 Å². The van der Waals surface area contributed by atoms with Gasteiger partial charge in [0.25, 0.3) is 0 Å². The molecular weight excluding hydrogens is 244 g/mol. The highest BCUT2D eigenvalue weighted by Gasteiger charge is 2.21. The first-order valence-electron chi connectivity index (χ1n) is 6.73. The van der Waals surface area contributed by atoms with Crippen molar-refractivity contribution < 1.29 is 9.90 Å². The number of aryl methyl sites for hydroxylation is 1. The van der Waals surface area contributed by atoms with Crippen molar-refractivity contribution in [3.05, 3.63) is 18.0 Å². The number of aromatic nitrogens is 2. The van der Waals surface area contributed by atoms with E-state index in [-0.39, 0.29) is 6.54 Å². The summed E-state index contributed by atoms with van der Waals surface area (Å²) in [5.41, 5.74) is 1.22. The van der Waals surface area contributed by atoms with Gasteiger partial charge < -0.3 is 5.11 Å².